The maximum Gasteiger partial charge on any atom is 0.356 e. The Kier molecular flexibility index (Phi) is 2.41. The molecule has 0 aliphatic heterocycles. The zero-order chi connectivity index (χ0) is 7.71. The van der Waals surface area contributed by atoms with Crippen molar-refractivity contribution in [3.8, 4) is 0 Å². The van der Waals surface area contributed by atoms with Crippen LogP contribution in [0.25, 0.3) is 0 Å². The smallest absolute Gasteiger partial charge is 0.356 e. The molecule has 3 N–H and O–H groups in total. The van der Waals surface area contributed by atoms with Gasteiger partial charge in [-0.2, -0.15) is 0 Å². The summed E-state index contributed by atoms with van der Waals surface area (Å²) >= 11 is 0. The molecule has 1 atom stereocenters. The molecule has 0 saturated carbocycles. The first kappa shape index (κ1) is 9.11. The average molecular weight is 154 g/mol. The quantitative estimate of drug-likeness (QED) is 0.499. The lowest BCUT2D eigenvalue weighted by Crippen LogP contribution is -2.22. The van der Waals surface area contributed by atoms with E-state index in [9.17, 15) is 4.57 Å². The Morgan fingerprint density at radius 2 is 1.89 bits per heavy atom. The third kappa shape index (κ3) is 2.06. The Labute approximate surface area is 53.7 Å². The molecule has 0 aliphatic rings. The minimum absolute atomic E-state index is 0.0529. The number of rotatable bonds is 2. The summed E-state index contributed by atoms with van der Waals surface area (Å²) in [5, 5.41) is 7.04. The molecule has 0 heterocycles. The first-order valence-electron chi connectivity index (χ1n) is 2.59. The van der Waals surface area contributed by atoms with Crippen molar-refractivity contribution in [3.63, 3.8) is 0 Å². The van der Waals surface area contributed by atoms with E-state index in [-0.39, 0.29) is 6.42 Å². The third-order valence-electron chi connectivity index (χ3n) is 1.30. The fourth-order valence-corrected chi connectivity index (χ4v) is 0.618. The van der Waals surface area contributed by atoms with Crippen molar-refractivity contribution >= 4 is 7.60 Å². The van der Waals surface area contributed by atoms with E-state index in [1.54, 1.807) is 0 Å². The average Bonchev–Trinajstić information content (AvgIpc) is 1.64. The molecule has 0 aromatic carbocycles. The lowest BCUT2D eigenvalue weighted by Gasteiger charge is -2.21. The molecule has 0 unspecified atom stereocenters. The van der Waals surface area contributed by atoms with E-state index in [1.807, 2.05) is 0 Å². The van der Waals surface area contributed by atoms with Crippen LogP contribution in [0.1, 0.15) is 20.3 Å². The summed E-state index contributed by atoms with van der Waals surface area (Å²) in [7, 11) is -4.31. The predicted octanol–water partition coefficient (Wildman–Crippen LogP) is 0.283. The fraction of sp³-hybridized carbons (Fsp3) is 1.00. The number of hydrogen-bond donors (Lipinski definition) is 3. The molecule has 0 amide bonds. The van der Waals surface area contributed by atoms with Crippen LogP contribution in [0.15, 0.2) is 0 Å². The second kappa shape index (κ2) is 2.39. The molecule has 0 spiro atoms. The largest absolute Gasteiger partial charge is 0.378 e. The van der Waals surface area contributed by atoms with Gasteiger partial charge < -0.3 is 14.9 Å². The monoisotopic (exact) mass is 154 g/mol. The van der Waals surface area contributed by atoms with E-state index in [1.165, 1.54) is 6.92 Å². The maximum absolute atomic E-state index is 10.3. The highest BCUT2D eigenvalue weighted by molar-refractivity contribution is 7.53. The molecule has 56 valence electrons. The molecular weight excluding hydrogens is 143 g/mol. The molecule has 5 heteroatoms. The second-order valence-electron chi connectivity index (χ2n) is 2.11. The summed E-state index contributed by atoms with van der Waals surface area (Å²) in [4.78, 5) is 16.8. The molecule has 0 bridgehead atoms. The van der Waals surface area contributed by atoms with Crippen molar-refractivity contribution in [1.29, 1.82) is 0 Å². The second-order valence-corrected chi connectivity index (χ2v) is 4.17. The Hall–Kier alpha value is 0.110. The van der Waals surface area contributed by atoms with Gasteiger partial charge in [-0.05, 0) is 13.3 Å². The van der Waals surface area contributed by atoms with Crippen molar-refractivity contribution in [2.45, 2.75) is 25.6 Å². The minimum atomic E-state index is -4.31. The Balaban J connectivity index is 4.34. The number of aliphatic hydroxyl groups is 1. The van der Waals surface area contributed by atoms with Crippen LogP contribution in [0.2, 0.25) is 0 Å². The Morgan fingerprint density at radius 1 is 1.56 bits per heavy atom. The molecule has 0 aromatic heterocycles. The van der Waals surface area contributed by atoms with Gasteiger partial charge in [-0.3, -0.25) is 4.57 Å². The third-order valence-corrected chi connectivity index (χ3v) is 2.87. The van der Waals surface area contributed by atoms with Crippen molar-refractivity contribution in [2.75, 3.05) is 0 Å². The van der Waals surface area contributed by atoms with Crippen molar-refractivity contribution in [1.82, 2.24) is 0 Å². The minimum Gasteiger partial charge on any atom is -0.378 e. The van der Waals surface area contributed by atoms with Gasteiger partial charge in [0.05, 0.1) is 0 Å². The van der Waals surface area contributed by atoms with Crippen molar-refractivity contribution in [3.05, 3.63) is 0 Å². The molecule has 4 nitrogen and oxygen atoms in total. The maximum atomic E-state index is 10.3. The zero-order valence-corrected chi connectivity index (χ0v) is 6.30. The molecule has 0 saturated heterocycles. The SMILES string of the molecule is CC[C@@](C)(O)P(=O)(O)O. The predicted molar refractivity (Wildman–Crippen MR) is 33.0 cm³/mol. The van der Waals surface area contributed by atoms with Gasteiger partial charge in [0, 0.05) is 0 Å². The van der Waals surface area contributed by atoms with Crippen LogP contribution in [0.3, 0.4) is 0 Å². The first-order valence-corrected chi connectivity index (χ1v) is 4.20. The number of hydrogen-bond acceptors (Lipinski definition) is 2. The van der Waals surface area contributed by atoms with Crippen molar-refractivity contribution in [2.24, 2.45) is 0 Å². The fourth-order valence-electron chi connectivity index (χ4n) is 0.206. The van der Waals surface area contributed by atoms with Crippen LogP contribution < -0.4 is 0 Å². The lowest BCUT2D eigenvalue weighted by atomic mass is 10.3. The highest BCUT2D eigenvalue weighted by Crippen LogP contribution is 2.49. The lowest BCUT2D eigenvalue weighted by molar-refractivity contribution is 0.105. The highest BCUT2D eigenvalue weighted by atomic mass is 31.2. The Morgan fingerprint density at radius 3 is 1.89 bits per heavy atom. The van der Waals surface area contributed by atoms with Gasteiger partial charge in [-0.25, -0.2) is 0 Å². The summed E-state index contributed by atoms with van der Waals surface area (Å²) in [6, 6.07) is 0. The molecule has 9 heavy (non-hydrogen) atoms. The summed E-state index contributed by atoms with van der Waals surface area (Å²) in [6.07, 6.45) is 0.0529. The molecule has 0 aromatic rings. The van der Waals surface area contributed by atoms with Crippen LogP contribution in [-0.2, 0) is 4.57 Å². The topological polar surface area (TPSA) is 77.8 Å². The summed E-state index contributed by atoms with van der Waals surface area (Å²) in [6.45, 7) is 2.63. The van der Waals surface area contributed by atoms with Crippen molar-refractivity contribution < 1.29 is 19.5 Å². The highest BCUT2D eigenvalue weighted by Gasteiger charge is 2.38. The van der Waals surface area contributed by atoms with E-state index >= 15 is 0 Å². The summed E-state index contributed by atoms with van der Waals surface area (Å²) < 4.78 is 10.3. The molecule has 0 radical (unpaired) electrons. The van der Waals surface area contributed by atoms with Gasteiger partial charge in [-0.1, -0.05) is 6.92 Å². The van der Waals surface area contributed by atoms with E-state index in [0.29, 0.717) is 0 Å². The van der Waals surface area contributed by atoms with Gasteiger partial charge in [0.15, 0.2) is 5.34 Å². The van der Waals surface area contributed by atoms with Crippen LogP contribution >= 0.6 is 7.60 Å². The van der Waals surface area contributed by atoms with Crippen LogP contribution in [0.5, 0.6) is 0 Å². The molecule has 0 fully saturated rings. The van der Waals surface area contributed by atoms with Gasteiger partial charge in [0.2, 0.25) is 0 Å². The summed E-state index contributed by atoms with van der Waals surface area (Å²) in [5.41, 5.74) is 0. The van der Waals surface area contributed by atoms with Crippen LogP contribution in [0.4, 0.5) is 0 Å². The zero-order valence-electron chi connectivity index (χ0n) is 5.40. The molecule has 0 rings (SSSR count). The first-order chi connectivity index (χ1) is 3.81. The van der Waals surface area contributed by atoms with Gasteiger partial charge in [-0.15, -0.1) is 0 Å². The summed E-state index contributed by atoms with van der Waals surface area (Å²) in [5.74, 6) is 0. The van der Waals surface area contributed by atoms with E-state index in [4.69, 9.17) is 14.9 Å². The molecule has 0 aliphatic carbocycles. The van der Waals surface area contributed by atoms with E-state index in [2.05, 4.69) is 0 Å². The van der Waals surface area contributed by atoms with E-state index in [0.717, 1.165) is 6.92 Å². The van der Waals surface area contributed by atoms with E-state index < -0.39 is 12.9 Å². The Bertz CT molecular complexity index is 136. The molecular formula is C4H11O4P. The van der Waals surface area contributed by atoms with Gasteiger partial charge in [0.25, 0.3) is 0 Å². The van der Waals surface area contributed by atoms with Crippen LogP contribution in [-0.4, -0.2) is 20.2 Å². The van der Waals surface area contributed by atoms with Gasteiger partial charge >= 0.3 is 7.60 Å². The normalized spacial score (nSPS) is 19.2. The standard InChI is InChI=1S/C4H11O4P/c1-3-4(2,5)9(6,7)8/h5H,3H2,1-2H3,(H2,6,7,8)/t4-/m0/s1. The van der Waals surface area contributed by atoms with Crippen LogP contribution in [0, 0.1) is 0 Å². The van der Waals surface area contributed by atoms with Gasteiger partial charge in [0.1, 0.15) is 0 Å².